The lowest BCUT2D eigenvalue weighted by atomic mass is 10.4. The van der Waals surface area contributed by atoms with Crippen molar-refractivity contribution in [3.8, 4) is 0 Å². The zero-order chi connectivity index (χ0) is 10.6. The van der Waals surface area contributed by atoms with Gasteiger partial charge >= 0.3 is 12.1 Å². The minimum absolute atomic E-state index is 0. The second kappa shape index (κ2) is 6.47. The van der Waals surface area contributed by atoms with Crippen LogP contribution in [0, 0.1) is 0 Å². The molecule has 15 heavy (non-hydrogen) atoms. The molecule has 0 unspecified atom stereocenters. The number of amides is 3. The topological polar surface area (TPSA) is 70.1 Å². The lowest BCUT2D eigenvalue weighted by Gasteiger charge is -2.30. The Morgan fingerprint density at radius 1 is 1.40 bits per heavy atom. The Bertz CT molecular complexity index is 231. The Morgan fingerprint density at radius 2 is 1.93 bits per heavy atom. The van der Waals surface area contributed by atoms with Crippen LogP contribution in [0.25, 0.3) is 0 Å². The Morgan fingerprint density at radius 3 is 2.33 bits per heavy atom. The minimum atomic E-state index is -1.20. The number of ether oxygens (including phenoxy) is 1. The van der Waals surface area contributed by atoms with Crippen molar-refractivity contribution >= 4 is 24.5 Å². The van der Waals surface area contributed by atoms with E-state index in [1.165, 1.54) is 4.90 Å². The zero-order valence-electron chi connectivity index (χ0n) is 8.51. The SMILES string of the molecule is CCN(C(=O)O)C(=O)N1CCOCC1.Cl. The summed E-state index contributed by atoms with van der Waals surface area (Å²) in [5.74, 6) is 0. The highest BCUT2D eigenvalue weighted by molar-refractivity contribution is 5.90. The van der Waals surface area contributed by atoms with Crippen LogP contribution in [0.4, 0.5) is 9.59 Å². The predicted octanol–water partition coefficient (Wildman–Crippen LogP) is 0.860. The van der Waals surface area contributed by atoms with Crippen LogP contribution in [0.15, 0.2) is 0 Å². The fourth-order valence-corrected chi connectivity index (χ4v) is 1.28. The van der Waals surface area contributed by atoms with Crippen LogP contribution in [0.2, 0.25) is 0 Å². The van der Waals surface area contributed by atoms with Gasteiger partial charge in [0.05, 0.1) is 13.2 Å². The van der Waals surface area contributed by atoms with Crippen molar-refractivity contribution in [2.75, 3.05) is 32.8 Å². The van der Waals surface area contributed by atoms with E-state index in [9.17, 15) is 9.59 Å². The first-order valence-corrected chi connectivity index (χ1v) is 4.54. The molecular formula is C8H15ClN2O4. The van der Waals surface area contributed by atoms with Crippen molar-refractivity contribution < 1.29 is 19.4 Å². The van der Waals surface area contributed by atoms with Crippen LogP contribution in [0.5, 0.6) is 0 Å². The third kappa shape index (κ3) is 3.56. The summed E-state index contributed by atoms with van der Waals surface area (Å²) < 4.78 is 5.06. The lowest BCUT2D eigenvalue weighted by molar-refractivity contribution is 0.0439. The molecule has 0 bridgehead atoms. The van der Waals surface area contributed by atoms with Crippen LogP contribution in [-0.2, 0) is 4.74 Å². The third-order valence-electron chi connectivity index (χ3n) is 2.06. The molecule has 0 saturated carbocycles. The number of carboxylic acid groups (broad SMARTS) is 1. The largest absolute Gasteiger partial charge is 0.465 e. The molecule has 0 radical (unpaired) electrons. The molecule has 88 valence electrons. The molecule has 1 rings (SSSR count). The highest BCUT2D eigenvalue weighted by atomic mass is 35.5. The van der Waals surface area contributed by atoms with Crippen molar-refractivity contribution in [1.82, 2.24) is 9.80 Å². The van der Waals surface area contributed by atoms with Crippen molar-refractivity contribution in [2.45, 2.75) is 6.92 Å². The van der Waals surface area contributed by atoms with E-state index in [2.05, 4.69) is 0 Å². The third-order valence-corrected chi connectivity index (χ3v) is 2.06. The Labute approximate surface area is 94.2 Å². The Hall–Kier alpha value is -1.01. The van der Waals surface area contributed by atoms with E-state index in [4.69, 9.17) is 9.84 Å². The van der Waals surface area contributed by atoms with Gasteiger partial charge in [0.2, 0.25) is 0 Å². The first-order valence-electron chi connectivity index (χ1n) is 4.54. The Balaban J connectivity index is 0.00000196. The number of nitrogens with zero attached hydrogens (tertiary/aromatic N) is 2. The minimum Gasteiger partial charge on any atom is -0.465 e. The van der Waals surface area contributed by atoms with E-state index in [1.807, 2.05) is 0 Å². The molecule has 0 atom stereocenters. The van der Waals surface area contributed by atoms with E-state index < -0.39 is 12.1 Å². The summed E-state index contributed by atoms with van der Waals surface area (Å²) in [5, 5.41) is 8.72. The van der Waals surface area contributed by atoms with Crippen LogP contribution in [-0.4, -0.2) is 59.9 Å². The molecule has 3 amide bonds. The van der Waals surface area contributed by atoms with Gasteiger partial charge in [0.15, 0.2) is 0 Å². The number of carbonyl (C=O) groups is 2. The quantitative estimate of drug-likeness (QED) is 0.736. The summed E-state index contributed by atoms with van der Waals surface area (Å²) in [6.07, 6.45) is -1.20. The molecule has 0 spiro atoms. The number of carbonyl (C=O) groups excluding carboxylic acids is 1. The van der Waals surface area contributed by atoms with Crippen LogP contribution < -0.4 is 0 Å². The fourth-order valence-electron chi connectivity index (χ4n) is 1.28. The van der Waals surface area contributed by atoms with Gasteiger partial charge in [-0.2, -0.15) is 0 Å². The number of imide groups is 1. The number of halogens is 1. The van der Waals surface area contributed by atoms with Gasteiger partial charge in [-0.1, -0.05) is 0 Å². The number of rotatable bonds is 1. The summed E-state index contributed by atoms with van der Waals surface area (Å²) in [6, 6.07) is -0.455. The maximum atomic E-state index is 11.6. The monoisotopic (exact) mass is 238 g/mol. The number of morpholine rings is 1. The van der Waals surface area contributed by atoms with Gasteiger partial charge in [0.25, 0.3) is 0 Å². The van der Waals surface area contributed by atoms with Gasteiger partial charge in [-0.25, -0.2) is 14.5 Å². The number of hydrogen-bond donors (Lipinski definition) is 1. The second-order valence-electron chi connectivity index (χ2n) is 2.91. The summed E-state index contributed by atoms with van der Waals surface area (Å²) in [5.41, 5.74) is 0. The number of hydrogen-bond acceptors (Lipinski definition) is 3. The van der Waals surface area contributed by atoms with Gasteiger partial charge in [-0.05, 0) is 6.92 Å². The van der Waals surface area contributed by atoms with E-state index in [-0.39, 0.29) is 19.0 Å². The Kier molecular flexibility index (Phi) is 6.03. The average molecular weight is 239 g/mol. The highest BCUT2D eigenvalue weighted by Gasteiger charge is 2.25. The van der Waals surface area contributed by atoms with Crippen molar-refractivity contribution in [2.24, 2.45) is 0 Å². The molecule has 6 nitrogen and oxygen atoms in total. The zero-order valence-corrected chi connectivity index (χ0v) is 9.33. The lowest BCUT2D eigenvalue weighted by Crippen LogP contribution is -2.49. The highest BCUT2D eigenvalue weighted by Crippen LogP contribution is 2.03. The molecule has 0 aromatic carbocycles. The molecule has 1 fully saturated rings. The van der Waals surface area contributed by atoms with Crippen molar-refractivity contribution in [1.29, 1.82) is 0 Å². The molecule has 1 saturated heterocycles. The van der Waals surface area contributed by atoms with Gasteiger partial charge in [-0.15, -0.1) is 12.4 Å². The summed E-state index contributed by atoms with van der Waals surface area (Å²) >= 11 is 0. The molecule has 7 heteroatoms. The first-order chi connectivity index (χ1) is 6.66. The van der Waals surface area contributed by atoms with Crippen LogP contribution in [0.3, 0.4) is 0 Å². The molecule has 0 aromatic rings. The fraction of sp³-hybridized carbons (Fsp3) is 0.750. The van der Waals surface area contributed by atoms with E-state index in [0.29, 0.717) is 26.3 Å². The van der Waals surface area contributed by atoms with Gasteiger partial charge in [-0.3, -0.25) is 0 Å². The summed E-state index contributed by atoms with van der Waals surface area (Å²) in [4.78, 5) is 24.5. The molecule has 1 aliphatic rings. The van der Waals surface area contributed by atoms with Gasteiger partial charge in [0, 0.05) is 19.6 Å². The van der Waals surface area contributed by atoms with E-state index >= 15 is 0 Å². The molecule has 0 aromatic heterocycles. The molecule has 1 N–H and O–H groups in total. The first kappa shape index (κ1) is 14.0. The van der Waals surface area contributed by atoms with Crippen molar-refractivity contribution in [3.05, 3.63) is 0 Å². The standard InChI is InChI=1S/C8H14N2O4.ClH/c1-2-10(8(12)13)7(11)9-3-5-14-6-4-9;/h2-6H2,1H3,(H,12,13);1H. The molecular weight excluding hydrogens is 224 g/mol. The van der Waals surface area contributed by atoms with Crippen LogP contribution >= 0.6 is 12.4 Å². The van der Waals surface area contributed by atoms with Crippen molar-refractivity contribution in [3.63, 3.8) is 0 Å². The molecule has 1 aliphatic heterocycles. The van der Waals surface area contributed by atoms with E-state index in [0.717, 1.165) is 4.90 Å². The average Bonchev–Trinajstić information content (AvgIpc) is 2.19. The smallest absolute Gasteiger partial charge is 0.415 e. The number of urea groups is 1. The normalized spacial score (nSPS) is 15.4. The van der Waals surface area contributed by atoms with Gasteiger partial charge in [0.1, 0.15) is 0 Å². The van der Waals surface area contributed by atoms with E-state index in [1.54, 1.807) is 6.92 Å². The molecule has 1 heterocycles. The maximum absolute atomic E-state index is 11.6. The van der Waals surface area contributed by atoms with Crippen LogP contribution in [0.1, 0.15) is 6.92 Å². The maximum Gasteiger partial charge on any atom is 0.415 e. The predicted molar refractivity (Wildman–Crippen MR) is 55.4 cm³/mol. The molecule has 0 aliphatic carbocycles. The summed E-state index contributed by atoms with van der Waals surface area (Å²) in [6.45, 7) is 3.68. The van der Waals surface area contributed by atoms with Gasteiger partial charge < -0.3 is 14.7 Å². The second-order valence-corrected chi connectivity index (χ2v) is 2.91. The summed E-state index contributed by atoms with van der Waals surface area (Å²) in [7, 11) is 0.